The topological polar surface area (TPSA) is 61.3 Å². The van der Waals surface area contributed by atoms with Crippen LogP contribution in [0.15, 0.2) is 86.6 Å². The van der Waals surface area contributed by atoms with Gasteiger partial charge >= 0.3 is 0 Å². The highest BCUT2D eigenvalue weighted by atomic mass is 35.5. The fourth-order valence-electron chi connectivity index (χ4n) is 2.42. The maximum atomic E-state index is 5.86. The van der Waals surface area contributed by atoms with Crippen LogP contribution < -0.4 is 19.6 Å². The first-order chi connectivity index (χ1) is 16.4. The van der Waals surface area contributed by atoms with Gasteiger partial charge in [-0.2, -0.15) is 5.10 Å². The van der Waals surface area contributed by atoms with Crippen LogP contribution in [-0.4, -0.2) is 32.6 Å². The van der Waals surface area contributed by atoms with Crippen molar-refractivity contribution in [1.29, 1.82) is 0 Å². The molecule has 2 aromatic rings. The second-order valence-corrected chi connectivity index (χ2v) is 8.56. The predicted molar refractivity (Wildman–Crippen MR) is 140 cm³/mol. The number of rotatable bonds is 13. The quantitative estimate of drug-likeness (QED) is 0.123. The van der Waals surface area contributed by atoms with E-state index in [1.807, 2.05) is 6.92 Å². The number of halogens is 4. The Bertz CT molecular complexity index is 1010. The van der Waals surface area contributed by atoms with Gasteiger partial charge in [-0.05, 0) is 67.6 Å². The van der Waals surface area contributed by atoms with Crippen molar-refractivity contribution < 1.29 is 18.9 Å². The van der Waals surface area contributed by atoms with Crippen molar-refractivity contribution in [2.75, 3.05) is 26.9 Å². The first kappa shape index (κ1) is 27.9. The molecule has 0 heterocycles. The van der Waals surface area contributed by atoms with E-state index in [2.05, 4.69) is 10.5 Å². The zero-order valence-corrected chi connectivity index (χ0v) is 21.6. The zero-order valence-electron chi connectivity index (χ0n) is 18.6. The lowest BCUT2D eigenvalue weighted by atomic mass is 10.2. The van der Waals surface area contributed by atoms with Gasteiger partial charge in [0.15, 0.2) is 0 Å². The molecule has 2 aromatic carbocycles. The third-order valence-corrected chi connectivity index (χ3v) is 4.68. The van der Waals surface area contributed by atoms with Crippen molar-refractivity contribution in [3.05, 3.63) is 81.5 Å². The summed E-state index contributed by atoms with van der Waals surface area (Å²) in [4.78, 5) is 0. The SMILES string of the molecule is CN/N=C(C)\C(=C\Oc1ccc(Oc2ccc(OCC=C(Cl)Cl)cc2)cc1)COCC=C(Cl)Cl. The van der Waals surface area contributed by atoms with Crippen molar-refractivity contribution in [2.45, 2.75) is 6.92 Å². The largest absolute Gasteiger partial charge is 0.489 e. The Hall–Kier alpha value is -2.35. The van der Waals surface area contributed by atoms with E-state index in [1.165, 1.54) is 0 Å². The Kier molecular flexibility index (Phi) is 12.7. The highest BCUT2D eigenvalue weighted by molar-refractivity contribution is 6.56. The van der Waals surface area contributed by atoms with Crippen molar-refractivity contribution in [2.24, 2.45) is 5.10 Å². The van der Waals surface area contributed by atoms with Gasteiger partial charge in [-0.1, -0.05) is 46.4 Å². The van der Waals surface area contributed by atoms with E-state index < -0.39 is 0 Å². The second-order valence-electron chi connectivity index (χ2n) is 6.54. The van der Waals surface area contributed by atoms with Crippen LogP contribution in [0.3, 0.4) is 0 Å². The summed E-state index contributed by atoms with van der Waals surface area (Å²) in [6, 6.07) is 14.4. The van der Waals surface area contributed by atoms with E-state index in [0.29, 0.717) is 23.0 Å². The molecule has 182 valence electrons. The average Bonchev–Trinajstić information content (AvgIpc) is 2.80. The Morgan fingerprint density at radius 2 is 1.35 bits per heavy atom. The summed E-state index contributed by atoms with van der Waals surface area (Å²) in [6.07, 6.45) is 4.70. The molecule has 0 radical (unpaired) electrons. The highest BCUT2D eigenvalue weighted by Crippen LogP contribution is 2.26. The Morgan fingerprint density at radius 3 is 1.91 bits per heavy atom. The molecule has 0 aliphatic rings. The summed E-state index contributed by atoms with van der Waals surface area (Å²) in [6.45, 7) is 2.66. The van der Waals surface area contributed by atoms with Crippen LogP contribution in [0.1, 0.15) is 6.92 Å². The molecule has 0 unspecified atom stereocenters. The molecule has 0 amide bonds. The van der Waals surface area contributed by atoms with Crippen molar-refractivity contribution >= 4 is 52.1 Å². The minimum absolute atomic E-state index is 0.152. The van der Waals surface area contributed by atoms with Gasteiger partial charge in [0.2, 0.25) is 0 Å². The third kappa shape index (κ3) is 11.2. The van der Waals surface area contributed by atoms with Crippen LogP contribution in [0.5, 0.6) is 23.0 Å². The molecule has 0 spiro atoms. The summed E-state index contributed by atoms with van der Waals surface area (Å²) in [5, 5.41) is 4.17. The molecule has 2 rings (SSSR count). The first-order valence-corrected chi connectivity index (χ1v) is 11.6. The van der Waals surface area contributed by atoms with Gasteiger partial charge in [0, 0.05) is 12.6 Å². The van der Waals surface area contributed by atoms with Crippen LogP contribution in [0, 0.1) is 0 Å². The maximum Gasteiger partial charge on any atom is 0.127 e. The minimum Gasteiger partial charge on any atom is -0.489 e. The fourth-order valence-corrected chi connectivity index (χ4v) is 2.67. The molecule has 10 heteroatoms. The number of nitrogens with zero attached hydrogens (tertiary/aromatic N) is 1. The molecule has 0 atom stereocenters. The van der Waals surface area contributed by atoms with Gasteiger partial charge in [-0.25, -0.2) is 0 Å². The number of ether oxygens (including phenoxy) is 4. The van der Waals surface area contributed by atoms with Crippen LogP contribution in [0.2, 0.25) is 0 Å². The van der Waals surface area contributed by atoms with E-state index >= 15 is 0 Å². The van der Waals surface area contributed by atoms with E-state index in [9.17, 15) is 0 Å². The van der Waals surface area contributed by atoms with Crippen LogP contribution in [0.4, 0.5) is 0 Å². The van der Waals surface area contributed by atoms with E-state index in [-0.39, 0.29) is 28.8 Å². The number of hydrazone groups is 1. The van der Waals surface area contributed by atoms with E-state index in [4.69, 9.17) is 65.4 Å². The smallest absolute Gasteiger partial charge is 0.127 e. The molecule has 0 saturated heterocycles. The second kappa shape index (κ2) is 15.5. The Morgan fingerprint density at radius 1 is 0.824 bits per heavy atom. The molecule has 0 aromatic heterocycles. The van der Waals surface area contributed by atoms with E-state index in [0.717, 1.165) is 11.3 Å². The molecular weight excluding hydrogens is 522 g/mol. The molecule has 0 saturated carbocycles. The van der Waals surface area contributed by atoms with Crippen LogP contribution >= 0.6 is 46.4 Å². The van der Waals surface area contributed by atoms with Gasteiger partial charge in [0.25, 0.3) is 0 Å². The minimum atomic E-state index is 0.152. The third-order valence-electron chi connectivity index (χ3n) is 4.07. The number of hydrogen-bond donors (Lipinski definition) is 1. The number of nitrogens with one attached hydrogen (secondary N) is 1. The Balaban J connectivity index is 1.95. The molecule has 6 nitrogen and oxygen atoms in total. The fraction of sp³-hybridized carbons (Fsp3) is 0.208. The number of hydrogen-bond acceptors (Lipinski definition) is 6. The normalized spacial score (nSPS) is 11.5. The highest BCUT2D eigenvalue weighted by Gasteiger charge is 2.05. The van der Waals surface area contributed by atoms with Gasteiger partial charge in [0.1, 0.15) is 38.6 Å². The van der Waals surface area contributed by atoms with Gasteiger partial charge in [-0.15, -0.1) is 0 Å². The first-order valence-electron chi connectivity index (χ1n) is 10.1. The lowest BCUT2D eigenvalue weighted by Crippen LogP contribution is -2.11. The Labute approximate surface area is 219 Å². The van der Waals surface area contributed by atoms with Crippen molar-refractivity contribution in [1.82, 2.24) is 5.43 Å². The molecule has 0 aliphatic carbocycles. The van der Waals surface area contributed by atoms with E-state index in [1.54, 1.807) is 74.0 Å². The summed E-state index contributed by atoms with van der Waals surface area (Å²) in [5.74, 6) is 2.62. The monoisotopic (exact) mass is 544 g/mol. The maximum absolute atomic E-state index is 5.86. The average molecular weight is 546 g/mol. The molecule has 0 bridgehead atoms. The number of benzene rings is 2. The lowest BCUT2D eigenvalue weighted by molar-refractivity contribution is 0.188. The summed E-state index contributed by atoms with van der Waals surface area (Å²) >= 11 is 22.3. The summed E-state index contributed by atoms with van der Waals surface area (Å²) in [5.41, 5.74) is 4.22. The summed E-state index contributed by atoms with van der Waals surface area (Å²) < 4.78 is 23.0. The standard InChI is InChI=1S/C24H24Cl4N2O4/c1-17(30-29-2)18(15-31-13-11-23(25)26)16-33-20-5-9-22(10-6-20)34-21-7-3-19(4-8-21)32-14-12-24(27)28/h3-12,16,29H,13-15H2,1-2H3/b18-16+,30-17-. The van der Waals surface area contributed by atoms with Crippen molar-refractivity contribution in [3.8, 4) is 23.0 Å². The molecule has 34 heavy (non-hydrogen) atoms. The van der Waals surface area contributed by atoms with Gasteiger partial charge in [0.05, 0.1) is 25.2 Å². The molecule has 1 N–H and O–H groups in total. The lowest BCUT2D eigenvalue weighted by Gasteiger charge is -2.10. The molecule has 0 aliphatic heterocycles. The van der Waals surface area contributed by atoms with Crippen molar-refractivity contribution in [3.63, 3.8) is 0 Å². The van der Waals surface area contributed by atoms with Crippen LogP contribution in [0.25, 0.3) is 0 Å². The zero-order chi connectivity index (χ0) is 24.8. The predicted octanol–water partition coefficient (Wildman–Crippen LogP) is 7.37. The van der Waals surface area contributed by atoms with Gasteiger partial charge in [-0.3, -0.25) is 0 Å². The molecular formula is C24H24Cl4N2O4. The van der Waals surface area contributed by atoms with Gasteiger partial charge < -0.3 is 24.4 Å². The molecule has 0 fully saturated rings. The van der Waals surface area contributed by atoms with Crippen LogP contribution in [-0.2, 0) is 4.74 Å². The summed E-state index contributed by atoms with van der Waals surface area (Å²) in [7, 11) is 1.72.